The molecule has 0 radical (unpaired) electrons. The second-order valence-electron chi connectivity index (χ2n) is 11.3. The lowest BCUT2D eigenvalue weighted by molar-refractivity contribution is -0.140. The number of esters is 1. The summed E-state index contributed by atoms with van der Waals surface area (Å²) in [6.45, 7) is 7.56. The Kier molecular flexibility index (Phi) is 5.92. The molecule has 0 aromatic rings. The molecular formula is C26H42O3. The first-order valence-corrected chi connectivity index (χ1v) is 12.2. The van der Waals surface area contributed by atoms with E-state index in [0.717, 1.165) is 49.4 Å². The minimum atomic E-state index is -0.110. The van der Waals surface area contributed by atoms with Crippen molar-refractivity contribution in [2.75, 3.05) is 7.11 Å². The van der Waals surface area contributed by atoms with Gasteiger partial charge in [0.25, 0.3) is 0 Å². The van der Waals surface area contributed by atoms with Crippen LogP contribution in [0.3, 0.4) is 0 Å². The number of hydrogen-bond donors (Lipinski definition) is 1. The Morgan fingerprint density at radius 1 is 1.21 bits per heavy atom. The van der Waals surface area contributed by atoms with Gasteiger partial charge in [0.2, 0.25) is 0 Å². The van der Waals surface area contributed by atoms with Crippen LogP contribution in [-0.2, 0) is 9.53 Å². The predicted octanol–water partition coefficient (Wildman–Crippen LogP) is 5.91. The molecule has 164 valence electrons. The zero-order valence-electron chi connectivity index (χ0n) is 19.1. The highest BCUT2D eigenvalue weighted by molar-refractivity contribution is 5.68. The summed E-state index contributed by atoms with van der Waals surface area (Å²) in [5, 5.41) is 10.2. The van der Waals surface area contributed by atoms with Gasteiger partial charge >= 0.3 is 5.97 Å². The minimum Gasteiger partial charge on any atom is -0.469 e. The Bertz CT molecular complexity index is 654. The lowest BCUT2D eigenvalue weighted by Crippen LogP contribution is -2.50. The number of carbonyl (C=O) groups is 1. The molecule has 3 fully saturated rings. The first kappa shape index (κ1) is 21.4. The van der Waals surface area contributed by atoms with Crippen LogP contribution in [0.15, 0.2) is 11.6 Å². The van der Waals surface area contributed by atoms with Crippen LogP contribution < -0.4 is 0 Å². The fraction of sp³-hybridized carbons (Fsp3) is 0.885. The third kappa shape index (κ3) is 3.60. The zero-order chi connectivity index (χ0) is 20.8. The molecule has 0 aromatic carbocycles. The Hall–Kier alpha value is -0.830. The van der Waals surface area contributed by atoms with Gasteiger partial charge in [-0.25, -0.2) is 0 Å². The van der Waals surface area contributed by atoms with Gasteiger partial charge in [-0.05, 0) is 105 Å². The number of methoxy groups -OCH3 is 1. The lowest BCUT2D eigenvalue weighted by atomic mass is 9.47. The summed E-state index contributed by atoms with van der Waals surface area (Å²) in [5.74, 6) is 3.95. The van der Waals surface area contributed by atoms with Crippen molar-refractivity contribution >= 4 is 5.97 Å². The van der Waals surface area contributed by atoms with Crippen LogP contribution in [0.5, 0.6) is 0 Å². The van der Waals surface area contributed by atoms with Crippen molar-refractivity contribution in [1.82, 2.24) is 0 Å². The van der Waals surface area contributed by atoms with Crippen molar-refractivity contribution in [3.63, 3.8) is 0 Å². The van der Waals surface area contributed by atoms with Gasteiger partial charge in [0, 0.05) is 6.42 Å². The Labute approximate surface area is 177 Å². The average Bonchev–Trinajstić information content (AvgIpc) is 3.05. The standard InChI is InChI=1S/C26H42O3/c1-17(6-5-7-24(28)29-4)21-10-11-22-20-9-8-18-16-19(27)12-14-25(18,2)23(20)13-15-26(21,22)3/h8,17,19-23,27H,5-7,9-16H2,1-4H3/t17-,19+,20+,21-,22+,23?,25+,26-/m1/s1. The van der Waals surface area contributed by atoms with Crippen LogP contribution in [0.4, 0.5) is 0 Å². The van der Waals surface area contributed by atoms with Crippen LogP contribution in [0.1, 0.15) is 91.4 Å². The maximum atomic E-state index is 11.5. The fourth-order valence-corrected chi connectivity index (χ4v) is 8.49. The summed E-state index contributed by atoms with van der Waals surface area (Å²) in [7, 11) is 1.49. The molecule has 3 heteroatoms. The third-order valence-corrected chi connectivity index (χ3v) is 10.1. The Balaban J connectivity index is 1.46. The molecule has 0 saturated heterocycles. The molecule has 3 saturated carbocycles. The van der Waals surface area contributed by atoms with Crippen LogP contribution in [-0.4, -0.2) is 24.3 Å². The molecule has 1 unspecified atom stereocenters. The van der Waals surface area contributed by atoms with Gasteiger partial charge in [-0.15, -0.1) is 0 Å². The molecular weight excluding hydrogens is 360 g/mol. The smallest absolute Gasteiger partial charge is 0.305 e. The van der Waals surface area contributed by atoms with E-state index in [1.54, 1.807) is 5.57 Å². The highest BCUT2D eigenvalue weighted by atomic mass is 16.5. The lowest BCUT2D eigenvalue weighted by Gasteiger charge is -2.58. The summed E-state index contributed by atoms with van der Waals surface area (Å²) >= 11 is 0. The molecule has 4 rings (SSSR count). The minimum absolute atomic E-state index is 0.0659. The molecule has 4 aliphatic rings. The zero-order valence-corrected chi connectivity index (χ0v) is 19.1. The molecule has 0 bridgehead atoms. The van der Waals surface area contributed by atoms with Gasteiger partial charge in [-0.1, -0.05) is 32.4 Å². The number of carbonyl (C=O) groups excluding carboxylic acids is 1. The highest BCUT2D eigenvalue weighted by Gasteiger charge is 2.59. The summed E-state index contributed by atoms with van der Waals surface area (Å²) in [6.07, 6.45) is 14.9. The van der Waals surface area contributed by atoms with Crippen molar-refractivity contribution in [1.29, 1.82) is 0 Å². The van der Waals surface area contributed by atoms with Crippen LogP contribution >= 0.6 is 0 Å². The number of rotatable bonds is 5. The first-order valence-electron chi connectivity index (χ1n) is 12.2. The second kappa shape index (κ2) is 8.02. The topological polar surface area (TPSA) is 46.5 Å². The number of aliphatic hydroxyl groups is 1. The number of hydrogen-bond acceptors (Lipinski definition) is 3. The molecule has 0 spiro atoms. The maximum Gasteiger partial charge on any atom is 0.305 e. The van der Waals surface area contributed by atoms with E-state index in [1.807, 2.05) is 0 Å². The summed E-state index contributed by atoms with van der Waals surface area (Å²) < 4.78 is 4.82. The van der Waals surface area contributed by atoms with Crippen molar-refractivity contribution in [3.05, 3.63) is 11.6 Å². The quantitative estimate of drug-likeness (QED) is 0.459. The van der Waals surface area contributed by atoms with Gasteiger partial charge in [-0.3, -0.25) is 4.79 Å². The van der Waals surface area contributed by atoms with Gasteiger partial charge in [-0.2, -0.15) is 0 Å². The molecule has 29 heavy (non-hydrogen) atoms. The number of fused-ring (bicyclic) bond motifs is 5. The molecule has 1 N–H and O–H groups in total. The fourth-order valence-electron chi connectivity index (χ4n) is 8.49. The number of allylic oxidation sites excluding steroid dienone is 1. The van der Waals surface area contributed by atoms with Crippen LogP contribution in [0, 0.1) is 40.4 Å². The monoisotopic (exact) mass is 402 g/mol. The Morgan fingerprint density at radius 3 is 2.76 bits per heavy atom. The van der Waals surface area contributed by atoms with Crippen molar-refractivity contribution < 1.29 is 14.6 Å². The third-order valence-electron chi connectivity index (χ3n) is 10.1. The van der Waals surface area contributed by atoms with Gasteiger partial charge in [0.15, 0.2) is 0 Å². The average molecular weight is 403 g/mol. The summed E-state index contributed by atoms with van der Waals surface area (Å²) in [4.78, 5) is 11.5. The molecule has 0 amide bonds. The Morgan fingerprint density at radius 2 is 2.00 bits per heavy atom. The van der Waals surface area contributed by atoms with E-state index in [9.17, 15) is 9.90 Å². The van der Waals surface area contributed by atoms with Crippen molar-refractivity contribution in [3.8, 4) is 0 Å². The van der Waals surface area contributed by atoms with E-state index in [-0.39, 0.29) is 12.1 Å². The van der Waals surface area contributed by atoms with Gasteiger partial charge in [0.05, 0.1) is 13.2 Å². The van der Waals surface area contributed by atoms with Crippen LogP contribution in [0.2, 0.25) is 0 Å². The van der Waals surface area contributed by atoms with Crippen molar-refractivity contribution in [2.45, 2.75) is 97.5 Å². The molecule has 0 aliphatic heterocycles. The predicted molar refractivity (Wildman–Crippen MR) is 116 cm³/mol. The largest absolute Gasteiger partial charge is 0.469 e. The number of ether oxygens (including phenoxy) is 1. The highest BCUT2D eigenvalue weighted by Crippen LogP contribution is 2.67. The molecule has 8 atom stereocenters. The van der Waals surface area contributed by atoms with Crippen LogP contribution in [0.25, 0.3) is 0 Å². The maximum absolute atomic E-state index is 11.5. The molecule has 0 heterocycles. The van der Waals surface area contributed by atoms with E-state index >= 15 is 0 Å². The molecule has 0 aromatic heterocycles. The van der Waals surface area contributed by atoms with E-state index in [2.05, 4.69) is 26.8 Å². The normalized spacial score (nSPS) is 44.9. The van der Waals surface area contributed by atoms with E-state index < -0.39 is 0 Å². The van der Waals surface area contributed by atoms with Gasteiger partial charge < -0.3 is 9.84 Å². The first-order chi connectivity index (χ1) is 13.8. The van der Waals surface area contributed by atoms with E-state index in [1.165, 1.54) is 45.6 Å². The molecule has 4 aliphatic carbocycles. The van der Waals surface area contributed by atoms with E-state index in [0.29, 0.717) is 23.2 Å². The summed E-state index contributed by atoms with van der Waals surface area (Å²) in [6, 6.07) is 0. The van der Waals surface area contributed by atoms with E-state index in [4.69, 9.17) is 4.74 Å². The van der Waals surface area contributed by atoms with Gasteiger partial charge in [0.1, 0.15) is 0 Å². The SMILES string of the molecule is COC(=O)CCC[C@@H](C)[C@H]1CC[C@H]2[C@@H]3CC=C4C[C@@H](O)CC[C@]4(C)C3CC[C@]12C. The van der Waals surface area contributed by atoms with Crippen molar-refractivity contribution in [2.24, 2.45) is 40.4 Å². The summed E-state index contributed by atoms with van der Waals surface area (Å²) in [5.41, 5.74) is 2.39. The number of aliphatic hydroxyl groups excluding tert-OH is 1. The second-order valence-corrected chi connectivity index (χ2v) is 11.3. The molecule has 3 nitrogen and oxygen atoms in total.